The van der Waals surface area contributed by atoms with E-state index >= 15 is 0 Å². The third kappa shape index (κ3) is 3.89. The lowest BCUT2D eigenvalue weighted by molar-refractivity contribution is 0.169. The number of pyridine rings is 2. The zero-order valence-corrected chi connectivity index (χ0v) is 19.6. The quantitative estimate of drug-likeness (QED) is 0.624. The van der Waals surface area contributed by atoms with Crippen LogP contribution in [0.25, 0.3) is 11.0 Å². The van der Waals surface area contributed by atoms with Crippen molar-refractivity contribution >= 4 is 16.7 Å². The van der Waals surface area contributed by atoms with Gasteiger partial charge in [0.05, 0.1) is 17.2 Å². The van der Waals surface area contributed by atoms with Crippen molar-refractivity contribution in [1.29, 1.82) is 5.26 Å². The lowest BCUT2D eigenvalue weighted by atomic mass is 9.93. The highest BCUT2D eigenvalue weighted by atomic mass is 16.5. The second-order valence-electron chi connectivity index (χ2n) is 9.68. The number of hydrogen-bond acceptors (Lipinski definition) is 7. The molecule has 168 valence electrons. The molecule has 0 bridgehead atoms. The average molecular weight is 435 g/mol. The van der Waals surface area contributed by atoms with Crippen LogP contribution in [0.1, 0.15) is 57.8 Å². The zero-order valence-electron chi connectivity index (χ0n) is 19.6. The standard InChI is InChI=1S/C24H30N6O2/c1-15-14-29(16(2)18-11-21(32-27-18)24(3,4)5)9-10-30(15)20-12-22(31)28(6)19-8-7-17(13-25)26-23(19)20/h7-8,11-12,15-16H,9-10,14H2,1-6H3/t15-,16?/m0/s1. The van der Waals surface area contributed by atoms with Crippen LogP contribution in [-0.4, -0.2) is 45.3 Å². The van der Waals surface area contributed by atoms with Crippen molar-refractivity contribution in [1.82, 2.24) is 19.6 Å². The number of rotatable bonds is 3. The second-order valence-corrected chi connectivity index (χ2v) is 9.68. The van der Waals surface area contributed by atoms with Gasteiger partial charge in [0.2, 0.25) is 0 Å². The van der Waals surface area contributed by atoms with Gasteiger partial charge in [-0.1, -0.05) is 25.9 Å². The van der Waals surface area contributed by atoms with Crippen molar-refractivity contribution in [3.63, 3.8) is 0 Å². The van der Waals surface area contributed by atoms with Gasteiger partial charge in [0, 0.05) is 50.3 Å². The molecule has 1 unspecified atom stereocenters. The summed E-state index contributed by atoms with van der Waals surface area (Å²) >= 11 is 0. The van der Waals surface area contributed by atoms with Crippen LogP contribution in [0.15, 0.2) is 33.6 Å². The summed E-state index contributed by atoms with van der Waals surface area (Å²) in [5, 5.41) is 13.6. The van der Waals surface area contributed by atoms with Crippen LogP contribution in [-0.2, 0) is 12.5 Å². The minimum atomic E-state index is -0.0840. The fraction of sp³-hybridized carbons (Fsp3) is 0.500. The summed E-state index contributed by atoms with van der Waals surface area (Å²) < 4.78 is 7.17. The molecule has 32 heavy (non-hydrogen) atoms. The van der Waals surface area contributed by atoms with E-state index in [-0.39, 0.29) is 23.1 Å². The fourth-order valence-corrected chi connectivity index (χ4v) is 4.31. The monoisotopic (exact) mass is 434 g/mol. The summed E-state index contributed by atoms with van der Waals surface area (Å²) in [5.41, 5.74) is 3.33. The van der Waals surface area contributed by atoms with Gasteiger partial charge >= 0.3 is 0 Å². The van der Waals surface area contributed by atoms with Crippen LogP contribution in [0.2, 0.25) is 0 Å². The Morgan fingerprint density at radius 3 is 2.62 bits per heavy atom. The third-order valence-electron chi connectivity index (χ3n) is 6.39. The van der Waals surface area contributed by atoms with Crippen molar-refractivity contribution in [2.24, 2.45) is 7.05 Å². The largest absolute Gasteiger partial charge is 0.364 e. The molecule has 0 amide bonds. The molecule has 1 aliphatic heterocycles. The van der Waals surface area contributed by atoms with Gasteiger partial charge in [0.25, 0.3) is 5.56 Å². The van der Waals surface area contributed by atoms with Crippen LogP contribution in [0, 0.1) is 11.3 Å². The molecule has 0 radical (unpaired) electrons. The molecule has 2 atom stereocenters. The molecule has 3 aromatic rings. The molecular weight excluding hydrogens is 404 g/mol. The number of fused-ring (bicyclic) bond motifs is 1. The molecular formula is C24H30N6O2. The van der Waals surface area contributed by atoms with Crippen LogP contribution in [0.3, 0.4) is 0 Å². The second kappa shape index (κ2) is 8.06. The van der Waals surface area contributed by atoms with E-state index in [1.165, 1.54) is 0 Å². The van der Waals surface area contributed by atoms with Gasteiger partial charge in [-0.05, 0) is 26.0 Å². The number of nitriles is 1. The number of aromatic nitrogens is 3. The van der Waals surface area contributed by atoms with Gasteiger partial charge < -0.3 is 14.0 Å². The van der Waals surface area contributed by atoms with Gasteiger partial charge in [-0.15, -0.1) is 0 Å². The van der Waals surface area contributed by atoms with E-state index < -0.39 is 0 Å². The number of hydrogen-bond donors (Lipinski definition) is 0. The number of anilines is 1. The first kappa shape index (κ1) is 22.0. The molecule has 8 nitrogen and oxygen atoms in total. The van der Waals surface area contributed by atoms with Crippen molar-refractivity contribution in [3.8, 4) is 6.07 Å². The van der Waals surface area contributed by atoms with Crippen molar-refractivity contribution in [2.75, 3.05) is 24.5 Å². The summed E-state index contributed by atoms with van der Waals surface area (Å²) in [6.07, 6.45) is 0. The average Bonchev–Trinajstić information content (AvgIpc) is 3.26. The normalized spacial score (nSPS) is 18.7. The summed E-state index contributed by atoms with van der Waals surface area (Å²) in [4.78, 5) is 21.8. The molecule has 3 aromatic heterocycles. The smallest absolute Gasteiger partial charge is 0.252 e. The molecule has 8 heteroatoms. The van der Waals surface area contributed by atoms with E-state index in [0.717, 1.165) is 42.3 Å². The highest BCUT2D eigenvalue weighted by Crippen LogP contribution is 2.31. The summed E-state index contributed by atoms with van der Waals surface area (Å²) in [7, 11) is 1.73. The maximum atomic E-state index is 12.6. The molecule has 1 aliphatic rings. The lowest BCUT2D eigenvalue weighted by Gasteiger charge is -2.43. The topological polar surface area (TPSA) is 91.2 Å². The van der Waals surface area contributed by atoms with Crippen LogP contribution < -0.4 is 10.5 Å². The minimum absolute atomic E-state index is 0.0766. The van der Waals surface area contributed by atoms with E-state index in [1.807, 2.05) is 0 Å². The molecule has 0 aliphatic carbocycles. The number of piperazine rings is 1. The van der Waals surface area contributed by atoms with E-state index in [4.69, 9.17) is 4.52 Å². The Bertz CT molecular complexity index is 1250. The molecule has 0 aromatic carbocycles. The highest BCUT2D eigenvalue weighted by Gasteiger charge is 2.31. The van der Waals surface area contributed by atoms with Gasteiger partial charge in [0.1, 0.15) is 28.7 Å². The predicted molar refractivity (Wildman–Crippen MR) is 124 cm³/mol. The molecule has 0 N–H and O–H groups in total. The summed E-state index contributed by atoms with van der Waals surface area (Å²) in [5.74, 6) is 0.886. The maximum Gasteiger partial charge on any atom is 0.252 e. The Labute approximate surface area is 188 Å². The van der Waals surface area contributed by atoms with Crippen molar-refractivity contribution < 1.29 is 4.52 Å². The first-order valence-electron chi connectivity index (χ1n) is 11.0. The van der Waals surface area contributed by atoms with Crippen LogP contribution in [0.4, 0.5) is 5.69 Å². The van der Waals surface area contributed by atoms with E-state index in [0.29, 0.717) is 11.2 Å². The van der Waals surface area contributed by atoms with E-state index in [9.17, 15) is 10.1 Å². The number of nitrogens with zero attached hydrogens (tertiary/aromatic N) is 6. The Hall–Kier alpha value is -3.18. The molecule has 4 heterocycles. The predicted octanol–water partition coefficient (Wildman–Crippen LogP) is 3.36. The summed E-state index contributed by atoms with van der Waals surface area (Å²) in [6, 6.07) is 9.54. The minimum Gasteiger partial charge on any atom is -0.364 e. The number of aryl methyl sites for hydroxylation is 1. The Kier molecular flexibility index (Phi) is 5.55. The Balaban J connectivity index is 1.61. The van der Waals surface area contributed by atoms with Gasteiger partial charge in [-0.25, -0.2) is 4.98 Å². The molecule has 0 saturated carbocycles. The van der Waals surface area contributed by atoms with Crippen molar-refractivity contribution in [3.05, 3.63) is 51.8 Å². The van der Waals surface area contributed by atoms with Gasteiger partial charge in [-0.2, -0.15) is 5.26 Å². The zero-order chi connectivity index (χ0) is 23.2. The van der Waals surface area contributed by atoms with E-state index in [2.05, 4.69) is 66.7 Å². The molecule has 1 fully saturated rings. The van der Waals surface area contributed by atoms with Crippen LogP contribution in [0.5, 0.6) is 0 Å². The molecule has 4 rings (SSSR count). The Morgan fingerprint density at radius 2 is 2.00 bits per heavy atom. The molecule has 1 saturated heterocycles. The summed E-state index contributed by atoms with van der Waals surface area (Å²) in [6.45, 7) is 13.0. The van der Waals surface area contributed by atoms with Crippen molar-refractivity contribution in [2.45, 2.75) is 52.1 Å². The lowest BCUT2D eigenvalue weighted by Crippen LogP contribution is -2.53. The fourth-order valence-electron chi connectivity index (χ4n) is 4.31. The molecule has 0 spiro atoms. The maximum absolute atomic E-state index is 12.6. The van der Waals surface area contributed by atoms with Crippen LogP contribution >= 0.6 is 0 Å². The van der Waals surface area contributed by atoms with Gasteiger partial charge in [0.15, 0.2) is 0 Å². The van der Waals surface area contributed by atoms with E-state index in [1.54, 1.807) is 29.8 Å². The first-order chi connectivity index (χ1) is 15.1. The highest BCUT2D eigenvalue weighted by molar-refractivity contribution is 5.88. The SMILES string of the molecule is CC(c1cc(C(C)(C)C)on1)N1CCN(c2cc(=O)n(C)c3ccc(C#N)nc23)[C@@H](C)C1. The Morgan fingerprint density at radius 1 is 1.25 bits per heavy atom. The first-order valence-corrected chi connectivity index (χ1v) is 11.0. The third-order valence-corrected chi connectivity index (χ3v) is 6.39. The van der Waals surface area contributed by atoms with Gasteiger partial charge in [-0.3, -0.25) is 9.69 Å².